The van der Waals surface area contributed by atoms with Crippen LogP contribution in [0.5, 0.6) is 0 Å². The molecular weight excluding hydrogens is 437 g/mol. The first kappa shape index (κ1) is 25.1. The van der Waals surface area contributed by atoms with Crippen LogP contribution in [-0.4, -0.2) is 35.6 Å². The molecule has 174 valence electrons. The van der Waals surface area contributed by atoms with Crippen LogP contribution in [0, 0.1) is 0 Å². The summed E-state index contributed by atoms with van der Waals surface area (Å²) in [5.41, 5.74) is 3.65. The molecule has 3 rings (SSSR count). The zero-order valence-electron chi connectivity index (χ0n) is 19.5. The number of benzene rings is 2. The number of fused-ring (bicyclic) bond motifs is 1. The van der Waals surface area contributed by atoms with Crippen molar-refractivity contribution in [2.75, 3.05) is 26.2 Å². The average molecular weight is 475 g/mol. The molecule has 0 atom stereocenters. The molecule has 0 amide bonds. The van der Waals surface area contributed by atoms with Crippen LogP contribution >= 0.6 is 23.2 Å². The van der Waals surface area contributed by atoms with Crippen LogP contribution in [0.25, 0.3) is 10.9 Å². The lowest BCUT2D eigenvalue weighted by Crippen LogP contribution is -2.29. The van der Waals surface area contributed by atoms with Crippen LogP contribution in [0.15, 0.2) is 48.7 Å². The molecule has 1 aromatic heterocycles. The van der Waals surface area contributed by atoms with Gasteiger partial charge in [0.15, 0.2) is 0 Å². The van der Waals surface area contributed by atoms with E-state index >= 15 is 0 Å². The summed E-state index contributed by atoms with van der Waals surface area (Å²) in [6, 6.07) is 14.3. The number of nitrogens with zero attached hydrogens (tertiary/aromatic N) is 2. The number of rotatable bonds is 14. The van der Waals surface area contributed by atoms with Gasteiger partial charge >= 0.3 is 0 Å². The summed E-state index contributed by atoms with van der Waals surface area (Å²) in [6.07, 6.45) is 8.59. The van der Waals surface area contributed by atoms with Crippen molar-refractivity contribution < 1.29 is 0 Å². The second-order valence-corrected chi connectivity index (χ2v) is 9.46. The molecule has 0 aliphatic carbocycles. The Balaban J connectivity index is 1.58. The largest absolute Gasteiger partial charge is 0.343 e. The number of halogens is 2. The van der Waals surface area contributed by atoms with Crippen molar-refractivity contribution >= 4 is 34.1 Å². The average Bonchev–Trinajstić information content (AvgIpc) is 3.14. The van der Waals surface area contributed by atoms with E-state index in [1.54, 1.807) is 0 Å². The lowest BCUT2D eigenvalue weighted by molar-refractivity contribution is 0.261. The molecule has 0 saturated heterocycles. The van der Waals surface area contributed by atoms with E-state index in [4.69, 9.17) is 23.2 Å². The maximum absolute atomic E-state index is 6.43. The predicted molar refractivity (Wildman–Crippen MR) is 140 cm³/mol. The Labute approximate surface area is 203 Å². The summed E-state index contributed by atoms with van der Waals surface area (Å²) in [6.45, 7) is 10.9. The molecule has 0 unspecified atom stereocenters. The fourth-order valence-corrected chi connectivity index (χ4v) is 4.65. The molecule has 0 radical (unpaired) electrons. The van der Waals surface area contributed by atoms with Crippen LogP contribution in [0.2, 0.25) is 10.0 Å². The smallest absolute Gasteiger partial charge is 0.0491 e. The molecule has 1 N–H and O–H groups in total. The van der Waals surface area contributed by atoms with Crippen molar-refractivity contribution in [2.24, 2.45) is 0 Å². The van der Waals surface area contributed by atoms with Crippen molar-refractivity contribution in [3.8, 4) is 0 Å². The first-order valence-corrected chi connectivity index (χ1v) is 12.8. The van der Waals surface area contributed by atoms with Gasteiger partial charge in [-0.1, -0.05) is 74.2 Å². The van der Waals surface area contributed by atoms with Crippen molar-refractivity contribution in [3.05, 3.63) is 69.8 Å². The van der Waals surface area contributed by atoms with Gasteiger partial charge in [-0.05, 0) is 74.8 Å². The molecule has 3 aromatic rings. The minimum atomic E-state index is 0.670. The Hall–Kier alpha value is -1.52. The van der Waals surface area contributed by atoms with Crippen LogP contribution in [0.1, 0.15) is 57.1 Å². The fourth-order valence-electron chi connectivity index (χ4n) is 4.18. The molecule has 0 bridgehead atoms. The number of unbranched alkanes of at least 4 members (excludes halogenated alkanes) is 2. The zero-order valence-corrected chi connectivity index (χ0v) is 21.1. The van der Waals surface area contributed by atoms with Gasteiger partial charge in [-0.25, -0.2) is 0 Å². The van der Waals surface area contributed by atoms with Gasteiger partial charge < -0.3 is 14.8 Å². The monoisotopic (exact) mass is 473 g/mol. The molecule has 0 spiro atoms. The summed E-state index contributed by atoms with van der Waals surface area (Å²) in [7, 11) is 0. The molecule has 32 heavy (non-hydrogen) atoms. The number of para-hydroxylation sites is 1. The third-order valence-corrected chi connectivity index (χ3v) is 6.61. The highest BCUT2D eigenvalue weighted by Crippen LogP contribution is 2.26. The predicted octanol–water partition coefficient (Wildman–Crippen LogP) is 7.38. The van der Waals surface area contributed by atoms with Crippen LogP contribution in [-0.2, 0) is 13.1 Å². The topological polar surface area (TPSA) is 20.2 Å². The van der Waals surface area contributed by atoms with Crippen molar-refractivity contribution in [1.82, 2.24) is 14.8 Å². The lowest BCUT2D eigenvalue weighted by Gasteiger charge is -2.21. The summed E-state index contributed by atoms with van der Waals surface area (Å²) in [5, 5.41) is 6.36. The highest BCUT2D eigenvalue weighted by molar-refractivity contribution is 6.35. The van der Waals surface area contributed by atoms with Gasteiger partial charge in [0.05, 0.1) is 0 Å². The van der Waals surface area contributed by atoms with Gasteiger partial charge in [0.1, 0.15) is 0 Å². The molecule has 1 heterocycles. The highest BCUT2D eigenvalue weighted by Gasteiger charge is 2.10. The molecular formula is C27H37Cl2N3. The first-order chi connectivity index (χ1) is 15.6. The van der Waals surface area contributed by atoms with E-state index < -0.39 is 0 Å². The summed E-state index contributed by atoms with van der Waals surface area (Å²) in [4.78, 5) is 2.64. The van der Waals surface area contributed by atoms with Gasteiger partial charge in [0.2, 0.25) is 0 Å². The van der Waals surface area contributed by atoms with Crippen LogP contribution in [0.4, 0.5) is 0 Å². The van der Waals surface area contributed by atoms with Crippen molar-refractivity contribution in [2.45, 2.75) is 59.0 Å². The SMILES string of the molecule is CCCCN(CCCC)CCCNCc1cn(Cc2ccc(Cl)cc2Cl)c2ccccc12. The van der Waals surface area contributed by atoms with Crippen molar-refractivity contribution in [1.29, 1.82) is 0 Å². The quantitative estimate of drug-likeness (QED) is 0.246. The van der Waals surface area contributed by atoms with Crippen LogP contribution < -0.4 is 5.32 Å². The van der Waals surface area contributed by atoms with E-state index in [1.165, 1.54) is 68.2 Å². The molecule has 0 aliphatic rings. The standard InChI is InChI=1S/C27H37Cl2N3/c1-3-5-15-31(16-6-4-2)17-9-14-30-19-23-21-32(27-11-8-7-10-25(23)27)20-22-12-13-24(28)18-26(22)29/h7-8,10-13,18,21,30H,3-6,9,14-17,19-20H2,1-2H3. The van der Waals surface area contributed by atoms with Crippen molar-refractivity contribution in [3.63, 3.8) is 0 Å². The summed E-state index contributed by atoms with van der Waals surface area (Å²) < 4.78 is 2.29. The van der Waals surface area contributed by atoms with Gasteiger partial charge in [0, 0.05) is 40.2 Å². The normalized spacial score (nSPS) is 11.7. The minimum absolute atomic E-state index is 0.670. The highest BCUT2D eigenvalue weighted by atomic mass is 35.5. The van der Waals surface area contributed by atoms with E-state index in [2.05, 4.69) is 59.1 Å². The molecule has 2 aromatic carbocycles. The Morgan fingerprint density at radius 2 is 1.59 bits per heavy atom. The van der Waals surface area contributed by atoms with Gasteiger partial charge in [-0.2, -0.15) is 0 Å². The lowest BCUT2D eigenvalue weighted by atomic mass is 10.2. The molecule has 5 heteroatoms. The number of hydrogen-bond donors (Lipinski definition) is 1. The maximum Gasteiger partial charge on any atom is 0.0491 e. The second kappa shape index (κ2) is 13.3. The summed E-state index contributed by atoms with van der Waals surface area (Å²) in [5.74, 6) is 0. The zero-order chi connectivity index (χ0) is 22.8. The van der Waals surface area contributed by atoms with E-state index in [-0.39, 0.29) is 0 Å². The fraction of sp³-hybridized carbons (Fsp3) is 0.481. The first-order valence-electron chi connectivity index (χ1n) is 12.1. The van der Waals surface area contributed by atoms with E-state index in [0.717, 1.165) is 25.2 Å². The number of aromatic nitrogens is 1. The minimum Gasteiger partial charge on any atom is -0.343 e. The molecule has 3 nitrogen and oxygen atoms in total. The number of hydrogen-bond acceptors (Lipinski definition) is 2. The Morgan fingerprint density at radius 3 is 2.31 bits per heavy atom. The van der Waals surface area contributed by atoms with Crippen LogP contribution in [0.3, 0.4) is 0 Å². The van der Waals surface area contributed by atoms with Gasteiger partial charge in [-0.3, -0.25) is 0 Å². The Kier molecular flexibility index (Phi) is 10.4. The molecule has 0 fully saturated rings. The maximum atomic E-state index is 6.43. The van der Waals surface area contributed by atoms with Gasteiger partial charge in [0.25, 0.3) is 0 Å². The molecule has 0 saturated carbocycles. The third kappa shape index (κ3) is 7.25. The van der Waals surface area contributed by atoms with E-state index in [0.29, 0.717) is 10.0 Å². The summed E-state index contributed by atoms with van der Waals surface area (Å²) >= 11 is 12.5. The Morgan fingerprint density at radius 1 is 0.875 bits per heavy atom. The second-order valence-electron chi connectivity index (χ2n) is 8.61. The van der Waals surface area contributed by atoms with Gasteiger partial charge in [-0.15, -0.1) is 0 Å². The molecule has 0 aliphatic heterocycles. The third-order valence-electron chi connectivity index (χ3n) is 6.03. The Bertz CT molecular complexity index is 959. The van der Waals surface area contributed by atoms with E-state index in [9.17, 15) is 0 Å². The van der Waals surface area contributed by atoms with E-state index in [1.807, 2.05) is 18.2 Å². The number of nitrogens with one attached hydrogen (secondary N) is 1.